The number of aryl methyl sites for hydroxylation is 2. The number of carbonyl (C=O) groups excluding carboxylic acids is 2. The average molecular weight is 497 g/mol. The minimum absolute atomic E-state index is 0.179. The minimum atomic E-state index is -0.748. The lowest BCUT2D eigenvalue weighted by atomic mass is 9.94. The first-order chi connectivity index (χ1) is 16.8. The van der Waals surface area contributed by atoms with Crippen molar-refractivity contribution in [2.24, 2.45) is 0 Å². The Balaban J connectivity index is 2.06. The van der Waals surface area contributed by atoms with Crippen molar-refractivity contribution in [3.8, 4) is 11.8 Å². The number of nitrogens with one attached hydrogen (secondary N) is 2. The van der Waals surface area contributed by atoms with E-state index in [0.717, 1.165) is 16.8 Å². The zero-order chi connectivity index (χ0) is 25.5. The fourth-order valence-electron chi connectivity index (χ4n) is 3.86. The molecule has 9 nitrogen and oxygen atoms in total. The summed E-state index contributed by atoms with van der Waals surface area (Å²) in [7, 11) is 3.14. The first kappa shape index (κ1) is 26.1. The Labute approximate surface area is 208 Å². The third-order valence-corrected chi connectivity index (χ3v) is 6.37. The Morgan fingerprint density at radius 2 is 2.03 bits per heavy atom. The highest BCUT2D eigenvalue weighted by molar-refractivity contribution is 7.99. The molecule has 0 bridgehead atoms. The molecule has 10 heteroatoms. The predicted molar refractivity (Wildman–Crippen MR) is 131 cm³/mol. The lowest BCUT2D eigenvalue weighted by Gasteiger charge is -2.29. The molecule has 1 aromatic carbocycles. The number of carbonyl (C=O) groups is 2. The molecule has 1 aliphatic heterocycles. The number of urea groups is 1. The molecule has 2 aromatic rings. The first-order valence-electron chi connectivity index (χ1n) is 11.0. The standard InChI is InChI=1S/C25H28N4O5S/c1-6-34-24(30)21-19(13-35-23-18(11-26)14(2)9-15(3)27-23)28-25(31)29-22(21)16-7-8-20(33-5)17(10-16)12-32-4/h7-10,22H,6,12-13H2,1-5H3,(H2,28,29,31). The van der Waals surface area contributed by atoms with E-state index < -0.39 is 18.0 Å². The van der Waals surface area contributed by atoms with E-state index in [2.05, 4.69) is 21.7 Å². The van der Waals surface area contributed by atoms with Gasteiger partial charge in [-0.25, -0.2) is 14.6 Å². The molecular weight excluding hydrogens is 468 g/mol. The number of aromatic nitrogens is 1. The second-order valence-corrected chi connectivity index (χ2v) is 8.77. The summed E-state index contributed by atoms with van der Waals surface area (Å²) in [6, 6.07) is 8.23. The molecule has 1 aromatic heterocycles. The van der Waals surface area contributed by atoms with Crippen LogP contribution in [0.1, 0.15) is 40.9 Å². The van der Waals surface area contributed by atoms with E-state index in [4.69, 9.17) is 14.2 Å². The minimum Gasteiger partial charge on any atom is -0.496 e. The van der Waals surface area contributed by atoms with Crippen LogP contribution in [0.15, 0.2) is 40.6 Å². The van der Waals surface area contributed by atoms with Crippen LogP contribution in [0, 0.1) is 25.2 Å². The highest BCUT2D eigenvalue weighted by Gasteiger charge is 2.34. The van der Waals surface area contributed by atoms with Crippen molar-refractivity contribution >= 4 is 23.8 Å². The topological polar surface area (TPSA) is 123 Å². The molecule has 2 heterocycles. The largest absolute Gasteiger partial charge is 0.496 e. The van der Waals surface area contributed by atoms with Gasteiger partial charge < -0.3 is 24.8 Å². The van der Waals surface area contributed by atoms with Crippen molar-refractivity contribution in [3.63, 3.8) is 0 Å². The maximum absolute atomic E-state index is 13.1. The average Bonchev–Trinajstić information content (AvgIpc) is 2.82. The van der Waals surface area contributed by atoms with Gasteiger partial charge in [0, 0.05) is 29.8 Å². The van der Waals surface area contributed by atoms with E-state index in [1.807, 2.05) is 26.0 Å². The van der Waals surface area contributed by atoms with Crippen molar-refractivity contribution in [2.45, 2.75) is 38.4 Å². The van der Waals surface area contributed by atoms with Crippen LogP contribution in [0.4, 0.5) is 4.79 Å². The third-order valence-electron chi connectivity index (χ3n) is 5.36. The third kappa shape index (κ3) is 5.93. The van der Waals surface area contributed by atoms with E-state index in [0.29, 0.717) is 34.2 Å². The van der Waals surface area contributed by atoms with E-state index in [9.17, 15) is 14.9 Å². The van der Waals surface area contributed by atoms with Gasteiger partial charge in [-0.3, -0.25) is 0 Å². The van der Waals surface area contributed by atoms with Crippen LogP contribution in [-0.2, 0) is 20.9 Å². The molecule has 0 aliphatic carbocycles. The number of nitrogens with zero attached hydrogens (tertiary/aromatic N) is 2. The number of hydrogen-bond acceptors (Lipinski definition) is 8. The van der Waals surface area contributed by atoms with Gasteiger partial charge in [0.25, 0.3) is 0 Å². The molecule has 184 valence electrons. The maximum atomic E-state index is 13.1. The van der Waals surface area contributed by atoms with Gasteiger partial charge in [0.2, 0.25) is 0 Å². The molecule has 1 unspecified atom stereocenters. The lowest BCUT2D eigenvalue weighted by molar-refractivity contribution is -0.139. The fourth-order valence-corrected chi connectivity index (χ4v) is 4.93. The Morgan fingerprint density at radius 1 is 1.26 bits per heavy atom. The molecule has 2 amide bonds. The highest BCUT2D eigenvalue weighted by atomic mass is 32.2. The summed E-state index contributed by atoms with van der Waals surface area (Å²) in [5.41, 5.74) is 4.21. The van der Waals surface area contributed by atoms with Gasteiger partial charge >= 0.3 is 12.0 Å². The van der Waals surface area contributed by atoms with Crippen LogP contribution in [-0.4, -0.2) is 43.6 Å². The Hall–Kier alpha value is -3.55. The molecule has 3 rings (SSSR count). The van der Waals surface area contributed by atoms with Gasteiger partial charge in [-0.15, -0.1) is 0 Å². The predicted octanol–water partition coefficient (Wildman–Crippen LogP) is 3.69. The second-order valence-electron chi connectivity index (χ2n) is 7.81. The molecule has 0 fully saturated rings. The lowest BCUT2D eigenvalue weighted by Crippen LogP contribution is -2.46. The van der Waals surface area contributed by atoms with Crippen molar-refractivity contribution in [3.05, 3.63) is 63.5 Å². The molecule has 0 radical (unpaired) electrons. The zero-order valence-electron chi connectivity index (χ0n) is 20.4. The van der Waals surface area contributed by atoms with Crippen molar-refractivity contribution in [1.29, 1.82) is 5.26 Å². The normalized spacial score (nSPS) is 15.2. The van der Waals surface area contributed by atoms with Crippen LogP contribution in [0.2, 0.25) is 0 Å². The summed E-state index contributed by atoms with van der Waals surface area (Å²) in [6.45, 7) is 5.90. The summed E-state index contributed by atoms with van der Waals surface area (Å²) in [6.07, 6.45) is 0. The van der Waals surface area contributed by atoms with E-state index in [1.165, 1.54) is 11.8 Å². The number of rotatable bonds is 9. The Kier molecular flexibility index (Phi) is 8.73. The molecular formula is C25H28N4O5S. The summed E-state index contributed by atoms with van der Waals surface area (Å²) in [4.78, 5) is 30.2. The van der Waals surface area contributed by atoms with Crippen LogP contribution < -0.4 is 15.4 Å². The van der Waals surface area contributed by atoms with Crippen LogP contribution in [0.25, 0.3) is 0 Å². The van der Waals surface area contributed by atoms with Crippen molar-refractivity contribution in [1.82, 2.24) is 15.6 Å². The number of amides is 2. The van der Waals surface area contributed by atoms with Crippen molar-refractivity contribution < 1.29 is 23.8 Å². The number of hydrogen-bond donors (Lipinski definition) is 2. The number of benzene rings is 1. The Morgan fingerprint density at radius 3 is 2.69 bits per heavy atom. The molecule has 0 saturated carbocycles. The number of thioether (sulfide) groups is 1. The summed E-state index contributed by atoms with van der Waals surface area (Å²) in [5.74, 6) is 0.306. The molecule has 0 saturated heterocycles. The SMILES string of the molecule is CCOC(=O)C1=C(CSc2nc(C)cc(C)c2C#N)NC(=O)NC1c1ccc(OC)c(COC)c1. The van der Waals surface area contributed by atoms with Gasteiger partial charge in [-0.05, 0) is 50.1 Å². The summed E-state index contributed by atoms with van der Waals surface area (Å²) < 4.78 is 16.0. The van der Waals surface area contributed by atoms with Crippen LogP contribution in [0.3, 0.4) is 0 Å². The fraction of sp³-hybridized carbons (Fsp3) is 0.360. The van der Waals surface area contributed by atoms with Crippen molar-refractivity contribution in [2.75, 3.05) is 26.6 Å². The first-order valence-corrected chi connectivity index (χ1v) is 12.0. The molecule has 2 N–H and O–H groups in total. The number of pyridine rings is 1. The van der Waals surface area contributed by atoms with Crippen LogP contribution in [0.5, 0.6) is 5.75 Å². The number of ether oxygens (including phenoxy) is 3. The van der Waals surface area contributed by atoms with Gasteiger partial charge in [0.05, 0.1) is 37.5 Å². The van der Waals surface area contributed by atoms with E-state index >= 15 is 0 Å². The zero-order valence-corrected chi connectivity index (χ0v) is 21.2. The Bertz CT molecular complexity index is 1210. The quantitative estimate of drug-likeness (QED) is 0.398. The van der Waals surface area contributed by atoms with Gasteiger partial charge in [-0.2, -0.15) is 5.26 Å². The van der Waals surface area contributed by atoms with Gasteiger partial charge in [0.1, 0.15) is 16.8 Å². The van der Waals surface area contributed by atoms with Gasteiger partial charge in [-0.1, -0.05) is 17.8 Å². The molecule has 35 heavy (non-hydrogen) atoms. The van der Waals surface area contributed by atoms with Gasteiger partial charge in [0.15, 0.2) is 0 Å². The smallest absolute Gasteiger partial charge is 0.338 e. The number of methoxy groups -OCH3 is 2. The number of esters is 1. The number of nitriles is 1. The summed E-state index contributed by atoms with van der Waals surface area (Å²) >= 11 is 1.28. The molecule has 1 atom stereocenters. The maximum Gasteiger partial charge on any atom is 0.338 e. The second kappa shape index (κ2) is 11.7. The monoisotopic (exact) mass is 496 g/mol. The van der Waals surface area contributed by atoms with E-state index in [-0.39, 0.29) is 17.9 Å². The highest BCUT2D eigenvalue weighted by Crippen LogP contribution is 2.33. The summed E-state index contributed by atoms with van der Waals surface area (Å²) in [5, 5.41) is 15.7. The van der Waals surface area contributed by atoms with E-state index in [1.54, 1.807) is 33.3 Å². The van der Waals surface area contributed by atoms with Crippen LogP contribution >= 0.6 is 11.8 Å². The molecule has 0 spiro atoms. The molecule has 1 aliphatic rings.